The van der Waals surface area contributed by atoms with Gasteiger partial charge in [-0.1, -0.05) is 6.07 Å². The van der Waals surface area contributed by atoms with Crippen molar-refractivity contribution in [2.24, 2.45) is 5.92 Å². The number of ether oxygens (including phenoxy) is 2. The smallest absolute Gasteiger partial charge is 0.136 e. The van der Waals surface area contributed by atoms with E-state index in [0.29, 0.717) is 17.2 Å². The molecule has 0 N–H and O–H groups in total. The molecule has 0 bridgehead atoms. The summed E-state index contributed by atoms with van der Waals surface area (Å²) in [5.41, 5.74) is 1.78. The Morgan fingerprint density at radius 3 is 2.95 bits per heavy atom. The Morgan fingerprint density at radius 2 is 2.26 bits per heavy atom. The Labute approximate surface area is 114 Å². The van der Waals surface area contributed by atoms with E-state index in [1.54, 1.807) is 14.2 Å². The van der Waals surface area contributed by atoms with Crippen molar-refractivity contribution in [1.29, 1.82) is 5.26 Å². The predicted molar refractivity (Wildman–Crippen MR) is 73.0 cm³/mol. The Balaban J connectivity index is 1.99. The van der Waals surface area contributed by atoms with Crippen LogP contribution >= 0.6 is 0 Å². The number of nitrogens with zero attached hydrogens (tertiary/aromatic N) is 2. The highest BCUT2D eigenvalue weighted by molar-refractivity contribution is 5.45. The van der Waals surface area contributed by atoms with E-state index >= 15 is 0 Å². The summed E-state index contributed by atoms with van der Waals surface area (Å²) in [5.74, 6) is 1.30. The Kier molecular flexibility index (Phi) is 4.78. The maximum Gasteiger partial charge on any atom is 0.136 e. The van der Waals surface area contributed by atoms with Crippen LogP contribution in [0.2, 0.25) is 0 Å². The molecule has 0 saturated carbocycles. The van der Waals surface area contributed by atoms with Crippen LogP contribution in [-0.2, 0) is 11.3 Å². The average molecular weight is 260 g/mol. The lowest BCUT2D eigenvalue weighted by molar-refractivity contribution is 0.152. The van der Waals surface area contributed by atoms with E-state index in [0.717, 1.165) is 26.2 Å². The highest BCUT2D eigenvalue weighted by Gasteiger charge is 2.22. The fourth-order valence-electron chi connectivity index (χ4n) is 2.61. The van der Waals surface area contributed by atoms with Gasteiger partial charge in [-0.3, -0.25) is 4.90 Å². The number of rotatable bonds is 5. The van der Waals surface area contributed by atoms with Gasteiger partial charge in [0.2, 0.25) is 0 Å². The molecule has 1 aliphatic rings. The van der Waals surface area contributed by atoms with Crippen LogP contribution in [-0.4, -0.2) is 38.8 Å². The van der Waals surface area contributed by atoms with Crippen LogP contribution in [0, 0.1) is 17.2 Å². The number of nitriles is 1. The third-order valence-electron chi connectivity index (χ3n) is 3.56. The molecule has 1 fully saturated rings. The molecule has 1 aromatic rings. The number of benzene rings is 1. The molecular weight excluding hydrogens is 240 g/mol. The Morgan fingerprint density at radius 1 is 1.42 bits per heavy atom. The first-order valence-corrected chi connectivity index (χ1v) is 6.55. The van der Waals surface area contributed by atoms with Crippen LogP contribution in [0.4, 0.5) is 0 Å². The molecule has 1 heterocycles. The van der Waals surface area contributed by atoms with E-state index < -0.39 is 0 Å². The molecule has 0 spiro atoms. The summed E-state index contributed by atoms with van der Waals surface area (Å²) >= 11 is 0. The van der Waals surface area contributed by atoms with Crippen molar-refractivity contribution in [3.63, 3.8) is 0 Å². The molecule has 0 aliphatic carbocycles. The highest BCUT2D eigenvalue weighted by atomic mass is 16.5. The molecule has 4 heteroatoms. The number of likely N-dealkylation sites (tertiary alicyclic amines) is 1. The van der Waals surface area contributed by atoms with Gasteiger partial charge in [-0.05, 0) is 36.6 Å². The Bertz CT molecular complexity index is 468. The highest BCUT2D eigenvalue weighted by Crippen LogP contribution is 2.23. The maximum absolute atomic E-state index is 8.96. The van der Waals surface area contributed by atoms with Gasteiger partial charge < -0.3 is 9.47 Å². The van der Waals surface area contributed by atoms with E-state index in [1.165, 1.54) is 12.0 Å². The third-order valence-corrected chi connectivity index (χ3v) is 3.56. The Hall–Kier alpha value is -1.57. The first kappa shape index (κ1) is 13.9. The van der Waals surface area contributed by atoms with Crippen molar-refractivity contribution >= 4 is 0 Å². The molecule has 1 atom stereocenters. The molecule has 2 rings (SSSR count). The lowest BCUT2D eigenvalue weighted by Crippen LogP contribution is -2.21. The van der Waals surface area contributed by atoms with Gasteiger partial charge in [0.15, 0.2) is 0 Å². The number of hydrogen-bond acceptors (Lipinski definition) is 4. The lowest BCUT2D eigenvalue weighted by Gasteiger charge is -2.16. The van der Waals surface area contributed by atoms with Crippen molar-refractivity contribution in [2.45, 2.75) is 13.0 Å². The number of hydrogen-bond donors (Lipinski definition) is 0. The van der Waals surface area contributed by atoms with Gasteiger partial charge >= 0.3 is 0 Å². The molecule has 1 unspecified atom stereocenters. The molecule has 19 heavy (non-hydrogen) atoms. The van der Waals surface area contributed by atoms with Crippen LogP contribution in [0.1, 0.15) is 17.5 Å². The van der Waals surface area contributed by atoms with Crippen LogP contribution in [0.15, 0.2) is 18.2 Å². The minimum atomic E-state index is 0.588. The van der Waals surface area contributed by atoms with Crippen LogP contribution < -0.4 is 4.74 Å². The van der Waals surface area contributed by atoms with E-state index in [2.05, 4.69) is 11.0 Å². The van der Waals surface area contributed by atoms with Gasteiger partial charge in [-0.2, -0.15) is 5.26 Å². The van der Waals surface area contributed by atoms with Crippen molar-refractivity contribution in [2.75, 3.05) is 33.9 Å². The van der Waals surface area contributed by atoms with Gasteiger partial charge in [-0.15, -0.1) is 0 Å². The molecule has 0 radical (unpaired) electrons. The molecule has 4 nitrogen and oxygen atoms in total. The second-order valence-electron chi connectivity index (χ2n) is 4.99. The van der Waals surface area contributed by atoms with Crippen molar-refractivity contribution in [3.05, 3.63) is 29.3 Å². The fourth-order valence-corrected chi connectivity index (χ4v) is 2.61. The standard InChI is InChI=1S/C15H20N2O2/c1-18-11-13-5-6-17(10-13)9-12-3-4-14(8-16)15(7-12)19-2/h3-4,7,13H,5-6,9-11H2,1-2H3. The second kappa shape index (κ2) is 6.55. The van der Waals surface area contributed by atoms with E-state index in [1.807, 2.05) is 18.2 Å². The molecule has 1 saturated heterocycles. The largest absolute Gasteiger partial charge is 0.495 e. The van der Waals surface area contributed by atoms with Gasteiger partial charge in [0, 0.05) is 20.2 Å². The summed E-state index contributed by atoms with van der Waals surface area (Å²) in [6, 6.07) is 7.93. The molecular formula is C15H20N2O2. The van der Waals surface area contributed by atoms with Crippen LogP contribution in [0.25, 0.3) is 0 Å². The zero-order valence-corrected chi connectivity index (χ0v) is 11.6. The van der Waals surface area contributed by atoms with E-state index in [9.17, 15) is 0 Å². The van der Waals surface area contributed by atoms with Crippen molar-refractivity contribution < 1.29 is 9.47 Å². The van der Waals surface area contributed by atoms with Crippen molar-refractivity contribution in [3.8, 4) is 11.8 Å². The summed E-state index contributed by atoms with van der Waals surface area (Å²) in [6.45, 7) is 3.93. The molecule has 102 valence electrons. The summed E-state index contributed by atoms with van der Waals surface area (Å²) in [6.07, 6.45) is 1.20. The molecule has 1 aromatic carbocycles. The van der Waals surface area contributed by atoms with Gasteiger partial charge in [0.05, 0.1) is 19.3 Å². The molecule has 0 amide bonds. The molecule has 0 aromatic heterocycles. The fraction of sp³-hybridized carbons (Fsp3) is 0.533. The normalized spacial score (nSPS) is 19.3. The summed E-state index contributed by atoms with van der Waals surface area (Å²) < 4.78 is 10.4. The van der Waals surface area contributed by atoms with Gasteiger partial charge in [0.1, 0.15) is 11.8 Å². The van der Waals surface area contributed by atoms with Crippen LogP contribution in [0.5, 0.6) is 5.75 Å². The van der Waals surface area contributed by atoms with E-state index in [4.69, 9.17) is 14.7 Å². The first-order valence-electron chi connectivity index (χ1n) is 6.55. The zero-order chi connectivity index (χ0) is 13.7. The summed E-state index contributed by atoms with van der Waals surface area (Å²) in [4.78, 5) is 2.42. The van der Waals surface area contributed by atoms with Crippen LogP contribution in [0.3, 0.4) is 0 Å². The minimum absolute atomic E-state index is 0.588. The predicted octanol–water partition coefficient (Wildman–Crippen LogP) is 2.04. The zero-order valence-electron chi connectivity index (χ0n) is 11.6. The average Bonchev–Trinajstić information content (AvgIpc) is 2.86. The van der Waals surface area contributed by atoms with E-state index in [-0.39, 0.29) is 0 Å². The topological polar surface area (TPSA) is 45.5 Å². The minimum Gasteiger partial charge on any atom is -0.495 e. The summed E-state index contributed by atoms with van der Waals surface area (Å²) in [5, 5.41) is 8.96. The third kappa shape index (κ3) is 3.46. The lowest BCUT2D eigenvalue weighted by atomic mass is 10.1. The number of methoxy groups -OCH3 is 2. The SMILES string of the molecule is COCC1CCN(Cc2ccc(C#N)c(OC)c2)C1. The monoisotopic (exact) mass is 260 g/mol. The maximum atomic E-state index is 8.96. The quantitative estimate of drug-likeness (QED) is 0.812. The second-order valence-corrected chi connectivity index (χ2v) is 4.99. The molecule has 1 aliphatic heterocycles. The van der Waals surface area contributed by atoms with Gasteiger partial charge in [0.25, 0.3) is 0 Å². The van der Waals surface area contributed by atoms with Crippen molar-refractivity contribution in [1.82, 2.24) is 4.90 Å². The first-order chi connectivity index (χ1) is 9.26. The summed E-state index contributed by atoms with van der Waals surface area (Å²) in [7, 11) is 3.36. The van der Waals surface area contributed by atoms with Gasteiger partial charge in [-0.25, -0.2) is 0 Å².